The van der Waals surface area contributed by atoms with E-state index in [1.807, 2.05) is 18.2 Å². The summed E-state index contributed by atoms with van der Waals surface area (Å²) in [5, 5.41) is 3.66. The molecular formula is C20H27N5O2. The Hall–Kier alpha value is -2.44. The van der Waals surface area contributed by atoms with E-state index in [1.165, 1.54) is 38.5 Å². The fraction of sp³-hybridized carbons (Fsp3) is 0.600. The Kier molecular flexibility index (Phi) is 3.91. The van der Waals surface area contributed by atoms with Crippen molar-refractivity contribution in [2.75, 3.05) is 6.79 Å². The first kappa shape index (κ1) is 16.7. The number of benzene rings is 1. The lowest BCUT2D eigenvalue weighted by atomic mass is 9.53. The Morgan fingerprint density at radius 1 is 1.04 bits per heavy atom. The zero-order valence-electron chi connectivity index (χ0n) is 15.5. The molecule has 0 saturated heterocycles. The van der Waals surface area contributed by atoms with Crippen LogP contribution >= 0.6 is 0 Å². The lowest BCUT2D eigenvalue weighted by Gasteiger charge is -2.57. The van der Waals surface area contributed by atoms with Gasteiger partial charge in [-0.3, -0.25) is 0 Å². The smallest absolute Gasteiger partial charge is 0.231 e. The maximum atomic E-state index is 5.67. The maximum Gasteiger partial charge on any atom is 0.231 e. The van der Waals surface area contributed by atoms with Crippen LogP contribution in [0.1, 0.15) is 44.1 Å². The van der Waals surface area contributed by atoms with Gasteiger partial charge in [-0.25, -0.2) is 4.99 Å². The van der Waals surface area contributed by atoms with E-state index in [2.05, 4.69) is 10.3 Å². The molecule has 0 atom stereocenters. The Morgan fingerprint density at radius 3 is 2.37 bits per heavy atom. The second kappa shape index (κ2) is 6.32. The molecule has 4 saturated carbocycles. The van der Waals surface area contributed by atoms with Crippen molar-refractivity contribution in [3.8, 4) is 11.5 Å². The van der Waals surface area contributed by atoms with Gasteiger partial charge in [-0.05, 0) is 74.0 Å². The van der Waals surface area contributed by atoms with Crippen molar-refractivity contribution in [3.63, 3.8) is 0 Å². The third-order valence-electron chi connectivity index (χ3n) is 6.50. The average Bonchev–Trinajstić information content (AvgIpc) is 3.05. The van der Waals surface area contributed by atoms with Crippen molar-refractivity contribution in [2.45, 2.75) is 50.6 Å². The summed E-state index contributed by atoms with van der Waals surface area (Å²) in [5.74, 6) is 4.67. The molecule has 0 spiro atoms. The number of nitrogens with two attached hydrogens (primary N) is 2. The van der Waals surface area contributed by atoms with Crippen LogP contribution in [0.4, 0.5) is 0 Å². The summed E-state index contributed by atoms with van der Waals surface area (Å²) < 4.78 is 10.8. The molecule has 27 heavy (non-hydrogen) atoms. The molecule has 5 aliphatic rings. The quantitative estimate of drug-likeness (QED) is 0.559. The van der Waals surface area contributed by atoms with Gasteiger partial charge >= 0.3 is 0 Å². The van der Waals surface area contributed by atoms with E-state index in [0.29, 0.717) is 12.5 Å². The molecule has 1 heterocycles. The second-order valence-corrected chi connectivity index (χ2v) is 8.69. The molecule has 4 bridgehead atoms. The van der Waals surface area contributed by atoms with E-state index >= 15 is 0 Å². The van der Waals surface area contributed by atoms with Crippen molar-refractivity contribution in [3.05, 3.63) is 23.8 Å². The Labute approximate surface area is 159 Å². The van der Waals surface area contributed by atoms with Crippen LogP contribution in [0.3, 0.4) is 0 Å². The second-order valence-electron chi connectivity index (χ2n) is 8.69. The largest absolute Gasteiger partial charge is 0.454 e. The van der Waals surface area contributed by atoms with Crippen molar-refractivity contribution in [1.82, 2.24) is 5.32 Å². The molecule has 7 nitrogen and oxygen atoms in total. The molecule has 0 unspecified atom stereocenters. The average molecular weight is 369 g/mol. The first-order chi connectivity index (χ1) is 13.1. The van der Waals surface area contributed by atoms with Gasteiger partial charge in [0.15, 0.2) is 17.5 Å². The van der Waals surface area contributed by atoms with Gasteiger partial charge in [-0.2, -0.15) is 4.99 Å². The van der Waals surface area contributed by atoms with E-state index in [1.54, 1.807) is 0 Å². The Balaban J connectivity index is 1.35. The number of nitrogens with one attached hydrogen (secondary N) is 1. The Morgan fingerprint density at radius 2 is 1.70 bits per heavy atom. The van der Waals surface area contributed by atoms with Gasteiger partial charge in [0.2, 0.25) is 12.8 Å². The highest BCUT2D eigenvalue weighted by Gasteiger charge is 2.51. The number of rotatable bonds is 3. The molecule has 1 aromatic rings. The molecule has 6 rings (SSSR count). The Bertz CT molecular complexity index is 764. The monoisotopic (exact) mass is 369 g/mol. The number of nitrogens with zero attached hydrogens (tertiary/aromatic N) is 2. The number of ether oxygens (including phenoxy) is 2. The standard InChI is InChI=1S/C20H27N5O2/c21-18(22)24-19(23-10-12-1-2-16-17(6-12)27-11-26-16)25-20-7-13-3-14(8-20)5-15(4-13)9-20/h1-2,6,13-15H,3-5,7-11H2,(H5,21,22,23,24,25). The highest BCUT2D eigenvalue weighted by Crippen LogP contribution is 2.55. The third kappa shape index (κ3) is 3.31. The number of fused-ring (bicyclic) bond motifs is 1. The molecule has 5 N–H and O–H groups in total. The third-order valence-corrected chi connectivity index (χ3v) is 6.50. The molecule has 144 valence electrons. The van der Waals surface area contributed by atoms with Crippen LogP contribution < -0.4 is 26.3 Å². The molecule has 4 aliphatic carbocycles. The van der Waals surface area contributed by atoms with Crippen LogP contribution in [-0.2, 0) is 6.54 Å². The van der Waals surface area contributed by atoms with E-state index < -0.39 is 0 Å². The zero-order chi connectivity index (χ0) is 18.4. The fourth-order valence-corrected chi connectivity index (χ4v) is 5.93. The highest BCUT2D eigenvalue weighted by atomic mass is 16.7. The van der Waals surface area contributed by atoms with Gasteiger partial charge in [-0.1, -0.05) is 6.07 Å². The summed E-state index contributed by atoms with van der Waals surface area (Å²) in [6.07, 6.45) is 7.82. The van der Waals surface area contributed by atoms with E-state index in [0.717, 1.165) is 34.8 Å². The van der Waals surface area contributed by atoms with Crippen LogP contribution in [0, 0.1) is 17.8 Å². The van der Waals surface area contributed by atoms with E-state index in [4.69, 9.17) is 25.9 Å². The number of hydrogen-bond donors (Lipinski definition) is 3. The molecule has 0 aromatic heterocycles. The summed E-state index contributed by atoms with van der Waals surface area (Å²) in [4.78, 5) is 8.99. The number of guanidine groups is 2. The molecule has 0 amide bonds. The predicted octanol–water partition coefficient (Wildman–Crippen LogP) is 2.10. The van der Waals surface area contributed by atoms with Gasteiger partial charge in [0, 0.05) is 5.54 Å². The minimum Gasteiger partial charge on any atom is -0.454 e. The van der Waals surface area contributed by atoms with Crippen LogP contribution in [0.15, 0.2) is 28.2 Å². The molecule has 1 aromatic carbocycles. The summed E-state index contributed by atoms with van der Waals surface area (Å²) in [6.45, 7) is 0.761. The van der Waals surface area contributed by atoms with Crippen molar-refractivity contribution < 1.29 is 9.47 Å². The fourth-order valence-electron chi connectivity index (χ4n) is 5.93. The normalized spacial score (nSPS) is 33.2. The van der Waals surface area contributed by atoms with Crippen LogP contribution in [0.25, 0.3) is 0 Å². The van der Waals surface area contributed by atoms with Crippen LogP contribution in [0.5, 0.6) is 11.5 Å². The van der Waals surface area contributed by atoms with Gasteiger partial charge in [0.25, 0.3) is 0 Å². The lowest BCUT2D eigenvalue weighted by molar-refractivity contribution is -0.0102. The van der Waals surface area contributed by atoms with Crippen LogP contribution in [0.2, 0.25) is 0 Å². The lowest BCUT2D eigenvalue weighted by Crippen LogP contribution is -2.59. The number of hydrogen-bond acceptors (Lipinski definition) is 3. The van der Waals surface area contributed by atoms with E-state index in [9.17, 15) is 0 Å². The first-order valence-electron chi connectivity index (χ1n) is 9.88. The molecular weight excluding hydrogens is 342 g/mol. The van der Waals surface area contributed by atoms with Gasteiger partial charge in [0.1, 0.15) is 0 Å². The minimum absolute atomic E-state index is 0.0386. The summed E-state index contributed by atoms with van der Waals surface area (Å²) in [5.41, 5.74) is 12.5. The zero-order valence-corrected chi connectivity index (χ0v) is 15.5. The summed E-state index contributed by atoms with van der Waals surface area (Å²) in [6, 6.07) is 5.87. The van der Waals surface area contributed by atoms with Crippen molar-refractivity contribution in [1.29, 1.82) is 0 Å². The number of aliphatic imine (C=N–C) groups is 2. The summed E-state index contributed by atoms with van der Waals surface area (Å²) >= 11 is 0. The molecule has 1 aliphatic heterocycles. The van der Waals surface area contributed by atoms with Crippen molar-refractivity contribution in [2.24, 2.45) is 39.2 Å². The predicted molar refractivity (Wildman–Crippen MR) is 104 cm³/mol. The topological polar surface area (TPSA) is 107 Å². The van der Waals surface area contributed by atoms with E-state index in [-0.39, 0.29) is 18.3 Å². The van der Waals surface area contributed by atoms with Crippen molar-refractivity contribution >= 4 is 11.9 Å². The van der Waals surface area contributed by atoms with Gasteiger partial charge in [-0.15, -0.1) is 0 Å². The SMILES string of the molecule is NC(N)=NC(=NCc1ccc2c(c1)OCO2)NC12CC3CC(CC(C3)C1)C2. The maximum absolute atomic E-state index is 5.67. The minimum atomic E-state index is 0.0386. The summed E-state index contributed by atoms with van der Waals surface area (Å²) in [7, 11) is 0. The molecule has 7 heteroatoms. The molecule has 0 radical (unpaired) electrons. The first-order valence-corrected chi connectivity index (χ1v) is 9.88. The molecule has 4 fully saturated rings. The van der Waals surface area contributed by atoms with Crippen LogP contribution in [-0.4, -0.2) is 24.3 Å². The highest BCUT2D eigenvalue weighted by molar-refractivity contribution is 5.93. The van der Waals surface area contributed by atoms with Gasteiger partial charge < -0.3 is 26.3 Å². The van der Waals surface area contributed by atoms with Gasteiger partial charge in [0.05, 0.1) is 6.54 Å².